The minimum atomic E-state index is -3.44. The molecule has 0 saturated carbocycles. The van der Waals surface area contributed by atoms with Gasteiger partial charge in [0.15, 0.2) is 0 Å². The molecule has 0 nitrogen and oxygen atoms in total. The second-order valence-corrected chi connectivity index (χ2v) is 2.92. The van der Waals surface area contributed by atoms with Crippen LogP contribution in [0.15, 0.2) is 0 Å². The van der Waals surface area contributed by atoms with Gasteiger partial charge in [0.1, 0.15) is 0 Å². The molecule has 0 aromatic rings. The molecule has 0 aliphatic heterocycles. The van der Waals surface area contributed by atoms with Gasteiger partial charge >= 0.3 is 62.6 Å². The Hall–Kier alpha value is 1.45. The van der Waals surface area contributed by atoms with E-state index in [1.807, 2.05) is 0 Å². The minimum absolute atomic E-state index is 1.31. The summed E-state index contributed by atoms with van der Waals surface area (Å²) in [4.78, 5) is -1.40. The molecule has 0 aromatic heterocycles. The van der Waals surface area contributed by atoms with Gasteiger partial charge in [-0.3, -0.25) is 0 Å². The molecule has 0 radical (unpaired) electrons. The molecule has 0 bridgehead atoms. The first-order valence-corrected chi connectivity index (χ1v) is 4.44. The van der Waals surface area contributed by atoms with Gasteiger partial charge < -0.3 is 0 Å². The second-order valence-electron chi connectivity index (χ2n) is 0.543. The fourth-order valence-corrected chi connectivity index (χ4v) is 0.931. The molecule has 6 heteroatoms. The molecule has 0 aliphatic carbocycles. The van der Waals surface area contributed by atoms with Gasteiger partial charge in [-0.05, 0) is 0 Å². The fourth-order valence-electron chi connectivity index (χ4n) is 0.0360. The zero-order valence-electron chi connectivity index (χ0n) is 4.67. The molecular formula is H2B2F2I2. The third kappa shape index (κ3) is 5.45. The average Bonchev–Trinajstić information content (AvgIpc) is 1.64. The third-order valence-electron chi connectivity index (χ3n) is 0.143. The Balaban J connectivity index is 3.46. The molecule has 0 spiro atoms. The van der Waals surface area contributed by atoms with E-state index in [-0.39, 0.29) is 0 Å². The van der Waals surface area contributed by atoms with Crippen LogP contribution in [0.3, 0.4) is 0 Å². The van der Waals surface area contributed by atoms with Gasteiger partial charge in [-0.25, -0.2) is 0 Å². The summed E-state index contributed by atoms with van der Waals surface area (Å²) in [5.74, 6) is 0. The number of halogens is 4. The summed E-state index contributed by atoms with van der Waals surface area (Å²) in [6.45, 7) is 0. The first-order chi connectivity index (χ1) is 3.55. The molecule has 0 N–H and O–H groups in total. The van der Waals surface area contributed by atoms with Crippen LogP contribution < -0.4 is 0 Å². The molecule has 0 heterocycles. The summed E-state index contributed by atoms with van der Waals surface area (Å²) in [6, 6.07) is 0. The summed E-state index contributed by atoms with van der Waals surface area (Å²) in [5.41, 5.74) is 0. The second kappa shape index (κ2) is 4.60. The Morgan fingerprint density at radius 1 is 2.33 bits per heavy atom. The molecule has 0 amide bonds. The van der Waals surface area contributed by atoms with Crippen LogP contribution in [0.25, 0.3) is 0 Å². The first kappa shape index (κ1) is 4.34. The number of hydrogen-bond acceptors (Lipinski definition) is 0. The molecule has 0 aliphatic rings. The zero-order valence-corrected chi connectivity index (χ0v) is 6.98. The Labute approximate surface area is 62.3 Å². The van der Waals surface area contributed by atoms with Crippen LogP contribution in [-0.2, 0) is 0 Å². The quantitative estimate of drug-likeness (QED) is 0.532. The summed E-state index contributed by atoms with van der Waals surface area (Å²) < 4.78 is 35.0. The summed E-state index contributed by atoms with van der Waals surface area (Å²) in [7, 11) is 0. The predicted molar refractivity (Wildman–Crippen MR) is 44.6 cm³/mol. The molecule has 0 unspecified atom stereocenters. The molecule has 6 heavy (non-hydrogen) atoms. The van der Waals surface area contributed by atoms with Crippen molar-refractivity contribution in [3.8, 4) is 0 Å². The summed E-state index contributed by atoms with van der Waals surface area (Å²) >= 11 is -2.13. The third-order valence-corrected chi connectivity index (χ3v) is 2.78. The molecule has 0 rings (SSSR count). The molecule has 36 valence electrons. The molecule has 0 aromatic carbocycles. The van der Waals surface area contributed by atoms with E-state index in [2.05, 4.69) is 0 Å². The summed E-state index contributed by atoms with van der Waals surface area (Å²) in [6.07, 6.45) is 0. The van der Waals surface area contributed by atoms with E-state index >= 15 is 0 Å². The van der Waals surface area contributed by atoms with E-state index in [4.69, 9.17) is 1.93 Å². The maximum absolute atomic E-state index is 11.8. The number of rotatable bonds is 2. The van der Waals surface area contributed by atoms with Crippen molar-refractivity contribution in [1.82, 2.24) is 0 Å². The van der Waals surface area contributed by atoms with E-state index < -0.39 is 31.1 Å². The zero-order chi connectivity index (χ0) is 6.73. The first-order valence-electron chi connectivity index (χ1n) is 2.09. The van der Waals surface area contributed by atoms with Crippen molar-refractivity contribution in [3.05, 3.63) is 0 Å². The van der Waals surface area contributed by atoms with Gasteiger partial charge in [0.25, 0.3) is 0 Å². The van der Waals surface area contributed by atoms with Crippen LogP contribution in [-0.4, -0.2) is 11.7 Å². The normalized spacial score (nSPS) is 14.8. The molecule has 0 atom stereocenters. The Morgan fingerprint density at radius 2 is 2.83 bits per heavy atom. The Kier molecular flexibility index (Phi) is 3.33. The number of hydrogen-bond donors (Lipinski definition) is 0. The van der Waals surface area contributed by atoms with E-state index in [0.29, 0.717) is 0 Å². The van der Waals surface area contributed by atoms with Crippen molar-refractivity contribution in [3.63, 3.8) is 0 Å². The molecule has 0 fully saturated rings. The van der Waals surface area contributed by atoms with Crippen molar-refractivity contribution in [2.75, 3.05) is 0 Å². The van der Waals surface area contributed by atoms with Crippen LogP contribution in [0.4, 0.5) is 7.18 Å². The summed E-state index contributed by atoms with van der Waals surface area (Å²) in [5, 5.41) is 0. The van der Waals surface area contributed by atoms with Crippen LogP contribution in [0.2, 0.25) is 0 Å². The van der Waals surface area contributed by atoms with Crippen molar-refractivity contribution in [1.29, 1.82) is 1.93 Å². The van der Waals surface area contributed by atoms with E-state index in [0.717, 1.165) is 0 Å². The van der Waals surface area contributed by atoms with Crippen LogP contribution in [0.5, 0.6) is 0 Å². The van der Waals surface area contributed by atoms with E-state index in [1.54, 1.807) is 0 Å². The Morgan fingerprint density at radius 3 is 2.83 bits per heavy atom. The van der Waals surface area contributed by atoms with Gasteiger partial charge in [-0.15, -0.1) is 0 Å². The van der Waals surface area contributed by atoms with Crippen molar-refractivity contribution >= 4 is 53.5 Å². The predicted octanol–water partition coefficient (Wildman–Crippen LogP) is 1.31. The van der Waals surface area contributed by atoms with Gasteiger partial charge in [0, 0.05) is 0 Å². The van der Waals surface area contributed by atoms with Gasteiger partial charge in [-0.1, -0.05) is 0 Å². The van der Waals surface area contributed by atoms with Crippen LogP contribution in [0, 0.1) is 0 Å². The topological polar surface area (TPSA) is 0 Å². The van der Waals surface area contributed by atoms with Crippen molar-refractivity contribution in [2.45, 2.75) is 0 Å². The van der Waals surface area contributed by atoms with E-state index in [1.165, 1.54) is 22.4 Å². The fraction of sp³-hybridized carbons (Fsp3) is 0. The Bertz CT molecular complexity index is 61.1. The molecular weight excluding hydrogens is 313 g/mol. The van der Waals surface area contributed by atoms with E-state index in [9.17, 15) is 7.18 Å². The molecule has 0 saturated heterocycles. The maximum atomic E-state index is 11.8. The van der Waals surface area contributed by atoms with Crippen molar-refractivity contribution < 1.29 is 7.18 Å². The average molecular weight is 319 g/mol. The van der Waals surface area contributed by atoms with Gasteiger partial charge in [-0.2, -0.15) is 0 Å². The SMILES string of the molecule is [3H]B(B(F)I)I([3H])F. The van der Waals surface area contributed by atoms with Gasteiger partial charge in [0.05, 0.1) is 0 Å². The monoisotopic (exact) mass is 320 g/mol. The van der Waals surface area contributed by atoms with Crippen LogP contribution in [0.1, 0.15) is 0 Å². The standard InChI is InChI=1S/B2F2H2I2/c3-2(5)1-6-4/h1,6H/i1T,6T. The van der Waals surface area contributed by atoms with Gasteiger partial charge in [0.2, 0.25) is 0 Å². The van der Waals surface area contributed by atoms with Crippen molar-refractivity contribution in [2.24, 2.45) is 0 Å². The van der Waals surface area contributed by atoms with Crippen LogP contribution >= 0.6 is 43.7 Å².